The zero-order valence-electron chi connectivity index (χ0n) is 8.94. The number of carbonyl (C=O) groups excluding carboxylic acids is 1. The Morgan fingerprint density at radius 2 is 2.38 bits per heavy atom. The second-order valence-corrected chi connectivity index (χ2v) is 3.68. The molecule has 1 aromatic carbocycles. The van der Waals surface area contributed by atoms with Crippen molar-refractivity contribution in [2.45, 2.75) is 6.10 Å². The fourth-order valence-corrected chi connectivity index (χ4v) is 1.51. The van der Waals surface area contributed by atoms with Crippen LogP contribution in [0.3, 0.4) is 0 Å². The number of aliphatic hydroxyl groups excluding tert-OH is 1. The van der Waals surface area contributed by atoms with E-state index in [1.165, 1.54) is 0 Å². The maximum absolute atomic E-state index is 10.9. The predicted octanol–water partition coefficient (Wildman–Crippen LogP) is 1.14. The van der Waals surface area contributed by atoms with Crippen LogP contribution in [0.5, 0.6) is 0 Å². The zero-order chi connectivity index (χ0) is 12.0. The Morgan fingerprint density at radius 1 is 1.62 bits per heavy atom. The van der Waals surface area contributed by atoms with Crippen molar-refractivity contribution in [2.24, 2.45) is 0 Å². The summed E-state index contributed by atoms with van der Waals surface area (Å²) in [4.78, 5) is 10.9. The quantitative estimate of drug-likeness (QED) is 0.815. The first-order valence-electron chi connectivity index (χ1n) is 4.83. The normalized spacial score (nSPS) is 12.2. The number of ether oxygens (including phenoxy) is 1. The molecule has 0 spiro atoms. The minimum Gasteiger partial charge on any atom is -0.387 e. The van der Waals surface area contributed by atoms with E-state index in [9.17, 15) is 4.79 Å². The highest BCUT2D eigenvalue weighted by atomic mass is 35.5. The third-order valence-corrected chi connectivity index (χ3v) is 2.37. The number of hydrogen-bond acceptors (Lipinski definition) is 3. The van der Waals surface area contributed by atoms with E-state index in [-0.39, 0.29) is 6.10 Å². The van der Waals surface area contributed by atoms with Gasteiger partial charge in [-0.15, -0.1) is 0 Å². The average molecular weight is 244 g/mol. The second-order valence-electron chi connectivity index (χ2n) is 3.24. The Kier molecular flexibility index (Phi) is 5.25. The molecule has 0 aliphatic heterocycles. The van der Waals surface area contributed by atoms with E-state index in [2.05, 4.69) is 5.32 Å². The van der Waals surface area contributed by atoms with Gasteiger partial charge in [-0.3, -0.25) is 4.79 Å². The van der Waals surface area contributed by atoms with Gasteiger partial charge in [0.2, 0.25) is 5.91 Å². The lowest BCUT2D eigenvalue weighted by molar-refractivity contribution is -0.124. The molecule has 0 fully saturated rings. The number of nitrogens with one attached hydrogen (secondary N) is 1. The molecule has 16 heavy (non-hydrogen) atoms. The molecule has 4 nitrogen and oxygen atoms in total. The van der Waals surface area contributed by atoms with E-state index >= 15 is 0 Å². The van der Waals surface area contributed by atoms with Gasteiger partial charge in [0.05, 0.1) is 6.10 Å². The van der Waals surface area contributed by atoms with Gasteiger partial charge in [-0.25, -0.2) is 0 Å². The Balaban J connectivity index is 2.64. The van der Waals surface area contributed by atoms with Crippen LogP contribution in [0, 0.1) is 0 Å². The average Bonchev–Trinajstić information content (AvgIpc) is 2.29. The first-order valence-corrected chi connectivity index (χ1v) is 5.21. The molecule has 0 saturated carbocycles. The molecule has 0 aromatic heterocycles. The van der Waals surface area contributed by atoms with Gasteiger partial charge < -0.3 is 15.2 Å². The molecular formula is C11H14ClNO3. The van der Waals surface area contributed by atoms with Crippen LogP contribution >= 0.6 is 11.6 Å². The van der Waals surface area contributed by atoms with Crippen molar-refractivity contribution in [3.8, 4) is 0 Å². The first-order chi connectivity index (χ1) is 7.67. The van der Waals surface area contributed by atoms with Crippen LogP contribution in [0.1, 0.15) is 11.7 Å². The lowest BCUT2D eigenvalue weighted by Gasteiger charge is -2.16. The van der Waals surface area contributed by atoms with Crippen LogP contribution in [0.25, 0.3) is 0 Å². The Hall–Kier alpha value is -1.10. The fourth-order valence-electron chi connectivity index (χ4n) is 1.31. The summed E-state index contributed by atoms with van der Waals surface area (Å²) in [6, 6.07) is 7.23. The highest BCUT2D eigenvalue weighted by Crippen LogP contribution is 2.19. The van der Waals surface area contributed by atoms with Gasteiger partial charge in [0, 0.05) is 18.7 Å². The van der Waals surface area contributed by atoms with E-state index in [1.54, 1.807) is 19.2 Å². The highest BCUT2D eigenvalue weighted by Gasteiger charge is 2.11. The zero-order valence-corrected chi connectivity index (χ0v) is 9.70. The molecule has 0 radical (unpaired) electrons. The number of methoxy groups -OCH3 is 1. The van der Waals surface area contributed by atoms with Gasteiger partial charge in [0.25, 0.3) is 0 Å². The SMILES string of the molecule is COC(CNC(=O)CO)c1cccc(Cl)c1. The maximum atomic E-state index is 10.9. The fraction of sp³-hybridized carbons (Fsp3) is 0.364. The number of benzene rings is 1. The van der Waals surface area contributed by atoms with Crippen LogP contribution in [0.4, 0.5) is 0 Å². The lowest BCUT2D eigenvalue weighted by Crippen LogP contribution is -2.31. The number of halogens is 1. The monoisotopic (exact) mass is 243 g/mol. The number of hydrogen-bond donors (Lipinski definition) is 2. The van der Waals surface area contributed by atoms with E-state index in [1.807, 2.05) is 12.1 Å². The van der Waals surface area contributed by atoms with Crippen LogP contribution < -0.4 is 5.32 Å². The summed E-state index contributed by atoms with van der Waals surface area (Å²) in [5, 5.41) is 11.7. The molecule has 5 heteroatoms. The summed E-state index contributed by atoms with van der Waals surface area (Å²) < 4.78 is 5.23. The van der Waals surface area contributed by atoms with Crippen molar-refractivity contribution in [3.05, 3.63) is 34.9 Å². The molecule has 1 rings (SSSR count). The Morgan fingerprint density at radius 3 is 2.94 bits per heavy atom. The summed E-state index contributed by atoms with van der Waals surface area (Å²) in [7, 11) is 1.55. The largest absolute Gasteiger partial charge is 0.387 e. The van der Waals surface area contributed by atoms with Gasteiger partial charge >= 0.3 is 0 Å². The summed E-state index contributed by atoms with van der Waals surface area (Å²) in [6.07, 6.45) is -0.269. The standard InChI is InChI=1S/C11H14ClNO3/c1-16-10(6-13-11(15)7-14)8-3-2-4-9(12)5-8/h2-5,10,14H,6-7H2,1H3,(H,13,15). The molecule has 2 N–H and O–H groups in total. The summed E-state index contributed by atoms with van der Waals surface area (Å²) in [5.41, 5.74) is 0.883. The number of aliphatic hydroxyl groups is 1. The minimum absolute atomic E-state index is 0.269. The predicted molar refractivity (Wildman–Crippen MR) is 61.3 cm³/mol. The van der Waals surface area contributed by atoms with Crippen molar-refractivity contribution >= 4 is 17.5 Å². The number of rotatable bonds is 5. The van der Waals surface area contributed by atoms with Crippen LogP contribution in [0.2, 0.25) is 5.02 Å². The topological polar surface area (TPSA) is 58.6 Å². The summed E-state index contributed by atoms with van der Waals surface area (Å²) >= 11 is 5.85. The molecule has 88 valence electrons. The van der Waals surface area contributed by atoms with Crippen molar-refractivity contribution in [3.63, 3.8) is 0 Å². The van der Waals surface area contributed by atoms with Crippen molar-refractivity contribution in [1.82, 2.24) is 5.32 Å². The molecule has 0 aliphatic carbocycles. The van der Waals surface area contributed by atoms with Crippen molar-refractivity contribution in [1.29, 1.82) is 0 Å². The number of amides is 1. The third-order valence-electron chi connectivity index (χ3n) is 2.13. The van der Waals surface area contributed by atoms with Gasteiger partial charge in [-0.2, -0.15) is 0 Å². The lowest BCUT2D eigenvalue weighted by atomic mass is 10.1. The second kappa shape index (κ2) is 6.48. The third kappa shape index (κ3) is 3.81. The molecule has 0 aliphatic rings. The highest BCUT2D eigenvalue weighted by molar-refractivity contribution is 6.30. The Labute approximate surface area is 99.2 Å². The van der Waals surface area contributed by atoms with E-state index in [0.29, 0.717) is 11.6 Å². The number of carbonyl (C=O) groups is 1. The molecule has 1 amide bonds. The summed E-state index contributed by atoms with van der Waals surface area (Å²) in [5.74, 6) is -0.427. The molecule has 0 bridgehead atoms. The van der Waals surface area contributed by atoms with Crippen LogP contribution in [-0.4, -0.2) is 31.3 Å². The van der Waals surface area contributed by atoms with Gasteiger partial charge in [-0.1, -0.05) is 23.7 Å². The molecule has 1 unspecified atom stereocenters. The van der Waals surface area contributed by atoms with Gasteiger partial charge in [-0.05, 0) is 17.7 Å². The molecular weight excluding hydrogens is 230 g/mol. The molecule has 1 aromatic rings. The van der Waals surface area contributed by atoms with E-state index < -0.39 is 12.5 Å². The first kappa shape index (κ1) is 13.0. The maximum Gasteiger partial charge on any atom is 0.245 e. The van der Waals surface area contributed by atoms with Crippen molar-refractivity contribution in [2.75, 3.05) is 20.3 Å². The Bertz CT molecular complexity index is 357. The summed E-state index contributed by atoms with van der Waals surface area (Å²) in [6.45, 7) is -0.220. The van der Waals surface area contributed by atoms with Crippen molar-refractivity contribution < 1.29 is 14.6 Å². The minimum atomic E-state index is -0.522. The van der Waals surface area contributed by atoms with E-state index in [0.717, 1.165) is 5.56 Å². The van der Waals surface area contributed by atoms with Gasteiger partial charge in [0.15, 0.2) is 0 Å². The molecule has 1 atom stereocenters. The molecule has 0 heterocycles. The van der Waals surface area contributed by atoms with Crippen LogP contribution in [-0.2, 0) is 9.53 Å². The van der Waals surface area contributed by atoms with Gasteiger partial charge in [0.1, 0.15) is 6.61 Å². The molecule has 0 saturated heterocycles. The van der Waals surface area contributed by atoms with E-state index in [4.69, 9.17) is 21.4 Å². The van der Waals surface area contributed by atoms with Crippen LogP contribution in [0.15, 0.2) is 24.3 Å². The smallest absolute Gasteiger partial charge is 0.245 e.